The van der Waals surface area contributed by atoms with Gasteiger partial charge in [-0.2, -0.15) is 8.78 Å². The molecule has 0 radical (unpaired) electrons. The van der Waals surface area contributed by atoms with Crippen molar-refractivity contribution in [3.8, 4) is 11.1 Å². The Hall–Kier alpha value is -2.20. The molecule has 31 heavy (non-hydrogen) atoms. The lowest BCUT2D eigenvalue weighted by molar-refractivity contribution is -0.113. The van der Waals surface area contributed by atoms with Crippen LogP contribution >= 0.6 is 46.5 Å². The van der Waals surface area contributed by atoms with Gasteiger partial charge in [-0.1, -0.05) is 47.3 Å². The molecule has 1 N–H and O–H groups in total. The van der Waals surface area contributed by atoms with Crippen molar-refractivity contribution in [1.82, 2.24) is 9.97 Å². The summed E-state index contributed by atoms with van der Waals surface area (Å²) in [6, 6.07) is 13.9. The van der Waals surface area contributed by atoms with Crippen LogP contribution in [0.15, 0.2) is 70.2 Å². The highest BCUT2D eigenvalue weighted by molar-refractivity contribution is 8.00. The van der Waals surface area contributed by atoms with E-state index in [4.69, 9.17) is 11.6 Å². The number of thiophene rings is 1. The van der Waals surface area contributed by atoms with E-state index in [0.717, 1.165) is 26.4 Å². The Kier molecular flexibility index (Phi) is 7.06. The smallest absolute Gasteiger partial charge is 0.288 e. The lowest BCUT2D eigenvalue weighted by Gasteiger charge is -2.08. The van der Waals surface area contributed by atoms with E-state index in [0.29, 0.717) is 27.4 Å². The predicted octanol–water partition coefficient (Wildman–Crippen LogP) is 7.06. The number of rotatable bonds is 7. The monoisotopic (exact) mass is 493 g/mol. The fraction of sp³-hybridized carbons (Fsp3) is 0.0952. The lowest BCUT2D eigenvalue weighted by atomic mass is 10.1. The van der Waals surface area contributed by atoms with Crippen LogP contribution in [0.3, 0.4) is 0 Å². The zero-order valence-corrected chi connectivity index (χ0v) is 18.9. The summed E-state index contributed by atoms with van der Waals surface area (Å²) < 4.78 is 24.8. The first kappa shape index (κ1) is 22.0. The number of hydrogen-bond donors (Lipinski definition) is 1. The van der Waals surface area contributed by atoms with E-state index < -0.39 is 5.76 Å². The van der Waals surface area contributed by atoms with Crippen molar-refractivity contribution in [1.29, 1.82) is 0 Å². The van der Waals surface area contributed by atoms with E-state index in [-0.39, 0.29) is 11.7 Å². The summed E-state index contributed by atoms with van der Waals surface area (Å²) in [4.78, 5) is 22.4. The van der Waals surface area contributed by atoms with Crippen molar-refractivity contribution in [3.63, 3.8) is 0 Å². The van der Waals surface area contributed by atoms with Crippen LogP contribution in [0.4, 0.5) is 14.5 Å². The third kappa shape index (κ3) is 5.54. The zero-order chi connectivity index (χ0) is 21.8. The Balaban J connectivity index is 1.47. The molecular weight excluding hydrogens is 480 g/mol. The molecule has 0 spiro atoms. The summed E-state index contributed by atoms with van der Waals surface area (Å²) >= 11 is 9.30. The maximum Gasteiger partial charge on any atom is 0.288 e. The van der Waals surface area contributed by atoms with E-state index in [1.165, 1.54) is 29.4 Å². The molecule has 0 saturated heterocycles. The average Bonchev–Trinajstić information content (AvgIpc) is 3.19. The summed E-state index contributed by atoms with van der Waals surface area (Å²) in [5.41, 5.74) is 2.54. The molecule has 0 aliphatic carbocycles. The maximum atomic E-state index is 12.4. The van der Waals surface area contributed by atoms with Gasteiger partial charge in [0, 0.05) is 26.5 Å². The van der Waals surface area contributed by atoms with Crippen LogP contribution in [0.2, 0.25) is 5.02 Å². The van der Waals surface area contributed by atoms with Crippen LogP contribution in [0.25, 0.3) is 21.3 Å². The maximum absolute atomic E-state index is 12.4. The Labute approximate surface area is 194 Å². The van der Waals surface area contributed by atoms with Crippen LogP contribution in [-0.4, -0.2) is 27.4 Å². The number of carbonyl (C=O) groups is 1. The van der Waals surface area contributed by atoms with Gasteiger partial charge in [0.2, 0.25) is 5.91 Å². The van der Waals surface area contributed by atoms with Gasteiger partial charge >= 0.3 is 0 Å². The van der Waals surface area contributed by atoms with Gasteiger partial charge in [-0.25, -0.2) is 9.97 Å². The van der Waals surface area contributed by atoms with Crippen molar-refractivity contribution >= 4 is 68.3 Å². The quantitative estimate of drug-likeness (QED) is 0.220. The van der Waals surface area contributed by atoms with Crippen LogP contribution in [0.5, 0.6) is 0 Å². The Morgan fingerprint density at radius 1 is 1.10 bits per heavy atom. The number of nitrogens with zero attached hydrogens (tertiary/aromatic N) is 2. The molecule has 0 unspecified atom stereocenters. The molecule has 0 aliphatic rings. The van der Waals surface area contributed by atoms with Crippen molar-refractivity contribution in [2.24, 2.45) is 0 Å². The van der Waals surface area contributed by atoms with Crippen molar-refractivity contribution in [2.45, 2.75) is 15.7 Å². The number of alkyl halides is 2. The molecule has 0 fully saturated rings. The Morgan fingerprint density at radius 3 is 2.55 bits per heavy atom. The van der Waals surface area contributed by atoms with E-state index in [1.807, 2.05) is 29.6 Å². The van der Waals surface area contributed by atoms with Crippen LogP contribution in [-0.2, 0) is 4.79 Å². The normalized spacial score (nSPS) is 11.2. The van der Waals surface area contributed by atoms with Crippen LogP contribution in [0.1, 0.15) is 0 Å². The third-order valence-corrected chi connectivity index (χ3v) is 7.04. The van der Waals surface area contributed by atoms with E-state index >= 15 is 0 Å². The standard InChI is InChI=1S/C21H14ClF2N3OS3/c22-13-3-1-12(2-4-13)16-9-29-19-18(16)20(26-11-25-19)30-10-17(28)27-14-5-7-15(8-6-14)31-21(23)24/h1-9,11,21H,10H2,(H,27,28). The number of hydrogen-bond acceptors (Lipinski definition) is 6. The van der Waals surface area contributed by atoms with Gasteiger partial charge in [0.15, 0.2) is 0 Å². The zero-order valence-electron chi connectivity index (χ0n) is 15.7. The Morgan fingerprint density at radius 2 is 1.84 bits per heavy atom. The second-order valence-corrected chi connectivity index (χ2v) is 9.58. The second kappa shape index (κ2) is 9.95. The Bertz CT molecular complexity index is 1200. The van der Waals surface area contributed by atoms with E-state index in [2.05, 4.69) is 15.3 Å². The third-order valence-electron chi connectivity index (χ3n) is 4.19. The fourth-order valence-electron chi connectivity index (χ4n) is 2.85. The molecule has 4 nitrogen and oxygen atoms in total. The molecule has 0 atom stereocenters. The molecule has 4 rings (SSSR count). The largest absolute Gasteiger partial charge is 0.325 e. The van der Waals surface area contributed by atoms with Gasteiger partial charge in [0.1, 0.15) is 16.2 Å². The van der Waals surface area contributed by atoms with Gasteiger partial charge in [0.05, 0.1) is 11.1 Å². The number of anilines is 1. The molecule has 1 amide bonds. The number of carbonyl (C=O) groups excluding carboxylic acids is 1. The number of thioether (sulfide) groups is 2. The van der Waals surface area contributed by atoms with Crippen molar-refractivity contribution < 1.29 is 13.6 Å². The summed E-state index contributed by atoms with van der Waals surface area (Å²) in [7, 11) is 0. The summed E-state index contributed by atoms with van der Waals surface area (Å²) in [5, 5.41) is 7.07. The van der Waals surface area contributed by atoms with Crippen molar-refractivity contribution in [3.05, 3.63) is 65.3 Å². The molecular formula is C21H14ClF2N3OS3. The number of fused-ring (bicyclic) bond motifs is 1. The van der Waals surface area contributed by atoms with Crippen LogP contribution < -0.4 is 5.32 Å². The molecule has 4 aromatic rings. The van der Waals surface area contributed by atoms with Crippen molar-refractivity contribution in [2.75, 3.05) is 11.1 Å². The highest BCUT2D eigenvalue weighted by atomic mass is 35.5. The molecule has 2 aromatic heterocycles. The highest BCUT2D eigenvalue weighted by Gasteiger charge is 2.15. The fourth-order valence-corrected chi connectivity index (χ4v) is 5.27. The van der Waals surface area contributed by atoms with E-state index in [9.17, 15) is 13.6 Å². The minimum absolute atomic E-state index is 0.148. The number of nitrogens with one attached hydrogen (secondary N) is 1. The number of benzene rings is 2. The lowest BCUT2D eigenvalue weighted by Crippen LogP contribution is -2.14. The van der Waals surface area contributed by atoms with Gasteiger partial charge < -0.3 is 5.32 Å². The average molecular weight is 494 g/mol. The van der Waals surface area contributed by atoms with Gasteiger partial charge in [-0.15, -0.1) is 11.3 Å². The van der Waals surface area contributed by atoms with Crippen LogP contribution in [0, 0.1) is 0 Å². The topological polar surface area (TPSA) is 54.9 Å². The first-order chi connectivity index (χ1) is 15.0. The van der Waals surface area contributed by atoms with Gasteiger partial charge in [0.25, 0.3) is 5.76 Å². The molecule has 2 aromatic carbocycles. The van der Waals surface area contributed by atoms with Gasteiger partial charge in [-0.3, -0.25) is 4.79 Å². The van der Waals surface area contributed by atoms with Gasteiger partial charge in [-0.05, 0) is 42.0 Å². The summed E-state index contributed by atoms with van der Waals surface area (Å²) in [5.74, 6) is -2.54. The number of aromatic nitrogens is 2. The molecule has 0 aliphatic heterocycles. The predicted molar refractivity (Wildman–Crippen MR) is 126 cm³/mol. The SMILES string of the molecule is O=C(CSc1ncnc2scc(-c3ccc(Cl)cc3)c12)Nc1ccc(SC(F)F)cc1. The highest BCUT2D eigenvalue weighted by Crippen LogP contribution is 2.38. The second-order valence-electron chi connectivity index (χ2n) is 6.25. The molecule has 158 valence electrons. The molecule has 0 saturated carbocycles. The van der Waals surface area contributed by atoms with E-state index in [1.54, 1.807) is 24.3 Å². The molecule has 10 heteroatoms. The minimum atomic E-state index is -2.48. The first-order valence-corrected chi connectivity index (χ1v) is 12.1. The minimum Gasteiger partial charge on any atom is -0.325 e. The molecule has 0 bridgehead atoms. The summed E-state index contributed by atoms with van der Waals surface area (Å²) in [6.45, 7) is 0. The number of halogens is 3. The summed E-state index contributed by atoms with van der Waals surface area (Å²) in [6.07, 6.45) is 1.49. The number of amides is 1. The first-order valence-electron chi connectivity index (χ1n) is 8.95. The molecule has 2 heterocycles.